The van der Waals surface area contributed by atoms with Crippen molar-refractivity contribution in [2.24, 2.45) is 16.6 Å². The van der Waals surface area contributed by atoms with E-state index >= 15 is 0 Å². The zero-order chi connectivity index (χ0) is 8.33. The lowest BCUT2D eigenvalue weighted by Gasteiger charge is -2.70. The number of halogens is 3. The lowest BCUT2D eigenvalue weighted by Crippen LogP contribution is -2.70. The summed E-state index contributed by atoms with van der Waals surface area (Å²) in [5.41, 5.74) is 3.91. The second kappa shape index (κ2) is 1.58. The second-order valence-corrected chi connectivity index (χ2v) is 4.01. The molecule has 64 valence electrons. The molecule has 0 amide bonds. The van der Waals surface area contributed by atoms with Gasteiger partial charge in [0.05, 0.1) is 5.41 Å². The Hall–Kier alpha value is -0.250. The number of hydrogen-bond donors (Lipinski definition) is 1. The molecule has 0 aliphatic heterocycles. The molecule has 0 radical (unpaired) electrons. The molecule has 0 atom stereocenters. The van der Waals surface area contributed by atoms with E-state index in [0.29, 0.717) is 6.54 Å². The molecule has 1 nitrogen and oxygen atoms in total. The predicted molar refractivity (Wildman–Crippen MR) is 33.8 cm³/mol. The van der Waals surface area contributed by atoms with E-state index in [1.165, 1.54) is 0 Å². The molecule has 11 heavy (non-hydrogen) atoms. The van der Waals surface area contributed by atoms with Crippen LogP contribution < -0.4 is 5.73 Å². The first kappa shape index (κ1) is 7.40. The van der Waals surface area contributed by atoms with Gasteiger partial charge in [-0.1, -0.05) is 0 Å². The van der Waals surface area contributed by atoms with Crippen LogP contribution in [0.25, 0.3) is 0 Å². The topological polar surface area (TPSA) is 26.0 Å². The van der Waals surface area contributed by atoms with E-state index in [0.717, 1.165) is 0 Å². The van der Waals surface area contributed by atoms with Crippen LogP contribution in [0.2, 0.25) is 0 Å². The molecule has 3 saturated carbocycles. The van der Waals surface area contributed by atoms with Crippen LogP contribution in [-0.4, -0.2) is 12.7 Å². The van der Waals surface area contributed by atoms with Crippen molar-refractivity contribution >= 4 is 0 Å². The summed E-state index contributed by atoms with van der Waals surface area (Å²) in [5, 5.41) is 0. The van der Waals surface area contributed by atoms with Crippen molar-refractivity contribution in [1.82, 2.24) is 0 Å². The standard InChI is InChI=1S/C7H10F3N/c8-7(9,10)6-1-5(2-6,3-6)4-11/h1-4,11H2. The largest absolute Gasteiger partial charge is 0.394 e. The fourth-order valence-electron chi connectivity index (χ4n) is 2.52. The first-order valence-corrected chi connectivity index (χ1v) is 3.70. The first-order valence-electron chi connectivity index (χ1n) is 3.70. The van der Waals surface area contributed by atoms with Crippen molar-refractivity contribution in [2.75, 3.05) is 6.54 Å². The van der Waals surface area contributed by atoms with Crippen molar-refractivity contribution in [3.63, 3.8) is 0 Å². The normalized spacial score (nSPS) is 48.0. The summed E-state index contributed by atoms with van der Waals surface area (Å²) in [6.45, 7) is 0.421. The number of alkyl halides is 3. The van der Waals surface area contributed by atoms with Crippen LogP contribution in [0.3, 0.4) is 0 Å². The summed E-state index contributed by atoms with van der Waals surface area (Å²) < 4.78 is 36.6. The van der Waals surface area contributed by atoms with E-state index in [1.54, 1.807) is 0 Å². The van der Waals surface area contributed by atoms with E-state index in [2.05, 4.69) is 0 Å². The van der Waals surface area contributed by atoms with Crippen LogP contribution in [0, 0.1) is 10.8 Å². The molecule has 0 aromatic carbocycles. The first-order chi connectivity index (χ1) is 4.93. The Morgan fingerprint density at radius 2 is 1.64 bits per heavy atom. The van der Waals surface area contributed by atoms with Gasteiger partial charge in [0.1, 0.15) is 0 Å². The molecule has 0 aromatic rings. The third-order valence-electron chi connectivity index (χ3n) is 3.17. The molecule has 3 rings (SSSR count). The smallest absolute Gasteiger partial charge is 0.330 e. The molecule has 0 heterocycles. The molecule has 2 N–H and O–H groups in total. The SMILES string of the molecule is NCC12CC(C(F)(F)F)(C1)C2. The van der Waals surface area contributed by atoms with Gasteiger partial charge in [-0.05, 0) is 31.2 Å². The summed E-state index contributed by atoms with van der Waals surface area (Å²) in [5.74, 6) is 0. The van der Waals surface area contributed by atoms with Crippen LogP contribution in [-0.2, 0) is 0 Å². The Balaban J connectivity index is 2.04. The fraction of sp³-hybridized carbons (Fsp3) is 1.00. The molecule has 0 unspecified atom stereocenters. The van der Waals surface area contributed by atoms with Gasteiger partial charge in [0.2, 0.25) is 0 Å². The zero-order valence-electron chi connectivity index (χ0n) is 6.04. The highest BCUT2D eigenvalue weighted by molar-refractivity contribution is 5.20. The summed E-state index contributed by atoms with van der Waals surface area (Å²) in [6.07, 6.45) is -3.15. The minimum absolute atomic E-state index is 0.116. The Bertz CT molecular complexity index is 177. The average Bonchev–Trinajstić information content (AvgIpc) is 1.53. The van der Waals surface area contributed by atoms with E-state index in [1.807, 2.05) is 0 Å². The van der Waals surface area contributed by atoms with Crippen LogP contribution in [0.15, 0.2) is 0 Å². The second-order valence-electron chi connectivity index (χ2n) is 4.01. The maximum Gasteiger partial charge on any atom is 0.394 e. The molecule has 0 aromatic heterocycles. The number of rotatable bonds is 1. The van der Waals surface area contributed by atoms with Gasteiger partial charge in [-0.25, -0.2) is 0 Å². The number of nitrogens with two attached hydrogens (primary N) is 1. The Kier molecular flexibility index (Phi) is 1.06. The van der Waals surface area contributed by atoms with Crippen LogP contribution >= 0.6 is 0 Å². The van der Waals surface area contributed by atoms with E-state index in [9.17, 15) is 13.2 Å². The Labute approximate surface area is 62.8 Å². The quantitative estimate of drug-likeness (QED) is 0.628. The molecule has 0 saturated heterocycles. The monoisotopic (exact) mass is 165 g/mol. The van der Waals surface area contributed by atoms with E-state index < -0.39 is 11.6 Å². The lowest BCUT2D eigenvalue weighted by atomic mass is 9.35. The fourth-order valence-corrected chi connectivity index (χ4v) is 2.52. The average molecular weight is 165 g/mol. The summed E-state index contributed by atoms with van der Waals surface area (Å²) >= 11 is 0. The van der Waals surface area contributed by atoms with Crippen LogP contribution in [0.1, 0.15) is 19.3 Å². The van der Waals surface area contributed by atoms with Crippen molar-refractivity contribution in [3.8, 4) is 0 Å². The lowest BCUT2D eigenvalue weighted by molar-refractivity contribution is -0.360. The van der Waals surface area contributed by atoms with Gasteiger partial charge in [0.15, 0.2) is 0 Å². The van der Waals surface area contributed by atoms with Crippen LogP contribution in [0.5, 0.6) is 0 Å². The molecule has 0 spiro atoms. The minimum atomic E-state index is -3.98. The van der Waals surface area contributed by atoms with Gasteiger partial charge in [-0.3, -0.25) is 0 Å². The third kappa shape index (κ3) is 0.662. The van der Waals surface area contributed by atoms with Crippen molar-refractivity contribution < 1.29 is 13.2 Å². The zero-order valence-corrected chi connectivity index (χ0v) is 6.04. The molecule has 3 aliphatic carbocycles. The molecule has 4 heteroatoms. The van der Waals surface area contributed by atoms with Gasteiger partial charge in [-0.15, -0.1) is 0 Å². The minimum Gasteiger partial charge on any atom is -0.330 e. The molecule has 2 bridgehead atoms. The molecular formula is C7H10F3N. The predicted octanol–water partition coefficient (Wildman–Crippen LogP) is 1.68. The van der Waals surface area contributed by atoms with Gasteiger partial charge >= 0.3 is 6.18 Å². The van der Waals surface area contributed by atoms with Crippen molar-refractivity contribution in [3.05, 3.63) is 0 Å². The maximum atomic E-state index is 12.2. The van der Waals surface area contributed by atoms with Crippen molar-refractivity contribution in [1.29, 1.82) is 0 Å². The van der Waals surface area contributed by atoms with Gasteiger partial charge in [-0.2, -0.15) is 13.2 Å². The highest BCUT2D eigenvalue weighted by atomic mass is 19.4. The number of hydrogen-bond acceptors (Lipinski definition) is 1. The van der Waals surface area contributed by atoms with E-state index in [-0.39, 0.29) is 24.7 Å². The molecule has 3 aliphatic rings. The van der Waals surface area contributed by atoms with Gasteiger partial charge in [0.25, 0.3) is 0 Å². The van der Waals surface area contributed by atoms with Gasteiger partial charge < -0.3 is 5.73 Å². The Morgan fingerprint density at radius 1 is 1.18 bits per heavy atom. The highest BCUT2D eigenvalue weighted by Gasteiger charge is 2.77. The van der Waals surface area contributed by atoms with Crippen molar-refractivity contribution in [2.45, 2.75) is 25.4 Å². The van der Waals surface area contributed by atoms with Gasteiger partial charge in [0, 0.05) is 0 Å². The molecular weight excluding hydrogens is 155 g/mol. The summed E-state index contributed by atoms with van der Waals surface area (Å²) in [7, 11) is 0. The van der Waals surface area contributed by atoms with Crippen LogP contribution in [0.4, 0.5) is 13.2 Å². The molecule has 3 fully saturated rings. The summed E-state index contributed by atoms with van der Waals surface area (Å²) in [4.78, 5) is 0. The third-order valence-corrected chi connectivity index (χ3v) is 3.17. The highest BCUT2D eigenvalue weighted by Crippen LogP contribution is 2.77. The van der Waals surface area contributed by atoms with E-state index in [4.69, 9.17) is 5.73 Å². The Morgan fingerprint density at radius 3 is 1.91 bits per heavy atom. The summed E-state index contributed by atoms with van der Waals surface area (Å²) in [6, 6.07) is 0. The maximum absolute atomic E-state index is 12.2.